The van der Waals surface area contributed by atoms with Crippen molar-refractivity contribution in [2.24, 2.45) is 0 Å². The molecule has 1 saturated carbocycles. The van der Waals surface area contributed by atoms with Crippen LogP contribution in [0.5, 0.6) is 0 Å². The van der Waals surface area contributed by atoms with Gasteiger partial charge in [0.05, 0.1) is 5.69 Å². The summed E-state index contributed by atoms with van der Waals surface area (Å²) in [4.78, 5) is 2.60. The van der Waals surface area contributed by atoms with E-state index < -0.39 is 0 Å². The standard InChI is InChI=1S/C15H20ClN3/c1-11(12-8-9-19(10-12)15-6-7-15)17-18-14-4-2-13(16)3-5-14/h2-5,15,17-18H,6-10H2,1H3. The lowest BCUT2D eigenvalue weighted by atomic mass is 10.2. The Kier molecular flexibility index (Phi) is 3.67. The maximum Gasteiger partial charge on any atom is 0.0540 e. The Hall–Kier alpha value is -1.19. The fourth-order valence-corrected chi connectivity index (χ4v) is 2.65. The molecule has 4 heteroatoms. The number of rotatable bonds is 4. The zero-order valence-corrected chi connectivity index (χ0v) is 12.0. The molecule has 0 spiro atoms. The van der Waals surface area contributed by atoms with Crippen LogP contribution in [0.15, 0.2) is 35.5 Å². The highest BCUT2D eigenvalue weighted by Gasteiger charge is 2.32. The van der Waals surface area contributed by atoms with E-state index in [2.05, 4.69) is 22.7 Å². The van der Waals surface area contributed by atoms with Crippen molar-refractivity contribution in [2.45, 2.75) is 32.2 Å². The number of allylic oxidation sites excluding steroid dienone is 1. The maximum absolute atomic E-state index is 5.87. The first-order valence-corrected chi connectivity index (χ1v) is 7.30. The number of likely N-dealkylation sites (tertiary alicyclic amines) is 1. The Morgan fingerprint density at radius 2 is 2.00 bits per heavy atom. The predicted octanol–water partition coefficient (Wildman–Crippen LogP) is 3.40. The quantitative estimate of drug-likeness (QED) is 0.826. The Bertz CT molecular complexity index is 477. The summed E-state index contributed by atoms with van der Waals surface area (Å²) < 4.78 is 0. The Balaban J connectivity index is 1.55. The first-order chi connectivity index (χ1) is 9.22. The van der Waals surface area contributed by atoms with E-state index >= 15 is 0 Å². The van der Waals surface area contributed by atoms with Gasteiger partial charge >= 0.3 is 0 Å². The van der Waals surface area contributed by atoms with Crippen LogP contribution < -0.4 is 10.9 Å². The lowest BCUT2D eigenvalue weighted by molar-refractivity contribution is 0.334. The minimum atomic E-state index is 0.761. The molecule has 0 amide bonds. The van der Waals surface area contributed by atoms with Crippen molar-refractivity contribution >= 4 is 17.3 Å². The SMILES string of the molecule is CC(NNc1ccc(Cl)cc1)=C1CCN(C2CC2)C1. The van der Waals surface area contributed by atoms with Gasteiger partial charge in [0.25, 0.3) is 0 Å². The highest BCUT2D eigenvalue weighted by molar-refractivity contribution is 6.30. The molecule has 3 nitrogen and oxygen atoms in total. The van der Waals surface area contributed by atoms with Crippen molar-refractivity contribution < 1.29 is 0 Å². The van der Waals surface area contributed by atoms with Gasteiger partial charge in [-0.15, -0.1) is 0 Å². The largest absolute Gasteiger partial charge is 0.305 e. The van der Waals surface area contributed by atoms with Crippen LogP contribution >= 0.6 is 11.6 Å². The van der Waals surface area contributed by atoms with E-state index in [1.165, 1.54) is 37.1 Å². The van der Waals surface area contributed by atoms with E-state index in [0.717, 1.165) is 23.3 Å². The highest BCUT2D eigenvalue weighted by atomic mass is 35.5. The van der Waals surface area contributed by atoms with Gasteiger partial charge in [0.2, 0.25) is 0 Å². The van der Waals surface area contributed by atoms with Crippen LogP contribution in [0.4, 0.5) is 5.69 Å². The monoisotopic (exact) mass is 277 g/mol. The number of hydrazine groups is 1. The Morgan fingerprint density at radius 1 is 1.26 bits per heavy atom. The van der Waals surface area contributed by atoms with Crippen LogP contribution in [0.2, 0.25) is 5.02 Å². The highest BCUT2D eigenvalue weighted by Crippen LogP contribution is 2.32. The predicted molar refractivity (Wildman–Crippen MR) is 80.1 cm³/mol. The summed E-state index contributed by atoms with van der Waals surface area (Å²) in [5.41, 5.74) is 10.3. The zero-order chi connectivity index (χ0) is 13.2. The number of hydrogen-bond acceptors (Lipinski definition) is 3. The minimum absolute atomic E-state index is 0.761. The van der Waals surface area contributed by atoms with Crippen LogP contribution in [0.1, 0.15) is 26.2 Å². The van der Waals surface area contributed by atoms with Crippen molar-refractivity contribution in [2.75, 3.05) is 18.5 Å². The van der Waals surface area contributed by atoms with Crippen LogP contribution in [0, 0.1) is 0 Å². The van der Waals surface area contributed by atoms with Crippen LogP contribution in [0.3, 0.4) is 0 Å². The number of anilines is 1. The van der Waals surface area contributed by atoms with Crippen molar-refractivity contribution in [1.82, 2.24) is 10.3 Å². The molecule has 2 N–H and O–H groups in total. The topological polar surface area (TPSA) is 27.3 Å². The molecule has 2 aliphatic rings. The number of nitrogens with zero attached hydrogens (tertiary/aromatic N) is 1. The lowest BCUT2D eigenvalue weighted by Gasteiger charge is -2.14. The first kappa shape index (κ1) is 12.8. The van der Waals surface area contributed by atoms with Gasteiger partial charge in [0, 0.05) is 29.9 Å². The van der Waals surface area contributed by atoms with Crippen molar-refractivity contribution in [3.05, 3.63) is 40.6 Å². The average Bonchev–Trinajstić information content (AvgIpc) is 3.15. The molecule has 0 aromatic heterocycles. The molecule has 0 radical (unpaired) electrons. The molecular weight excluding hydrogens is 258 g/mol. The maximum atomic E-state index is 5.87. The van der Waals surface area contributed by atoms with Gasteiger partial charge < -0.3 is 10.9 Å². The molecule has 1 aromatic carbocycles. The number of hydrogen-bond donors (Lipinski definition) is 2. The third-order valence-electron chi connectivity index (χ3n) is 3.93. The second kappa shape index (κ2) is 5.43. The van der Waals surface area contributed by atoms with Crippen LogP contribution in [-0.2, 0) is 0 Å². The minimum Gasteiger partial charge on any atom is -0.305 e. The van der Waals surface area contributed by atoms with Gasteiger partial charge in [-0.05, 0) is 56.0 Å². The van der Waals surface area contributed by atoms with E-state index in [1.807, 2.05) is 24.3 Å². The van der Waals surface area contributed by atoms with E-state index in [1.54, 1.807) is 0 Å². The van der Waals surface area contributed by atoms with Crippen LogP contribution in [-0.4, -0.2) is 24.0 Å². The number of nitrogens with one attached hydrogen (secondary N) is 2. The molecule has 1 aliphatic heterocycles. The molecule has 19 heavy (non-hydrogen) atoms. The summed E-state index contributed by atoms with van der Waals surface area (Å²) in [5, 5.41) is 0.761. The van der Waals surface area contributed by atoms with E-state index in [-0.39, 0.29) is 0 Å². The number of benzene rings is 1. The summed E-state index contributed by atoms with van der Waals surface area (Å²) in [5.74, 6) is 0. The molecule has 0 atom stereocenters. The molecule has 102 valence electrons. The average molecular weight is 278 g/mol. The fourth-order valence-electron chi connectivity index (χ4n) is 2.53. The summed E-state index contributed by atoms with van der Waals surface area (Å²) >= 11 is 5.87. The third kappa shape index (κ3) is 3.23. The van der Waals surface area contributed by atoms with Gasteiger partial charge in [0.15, 0.2) is 0 Å². The molecule has 1 saturated heterocycles. The van der Waals surface area contributed by atoms with E-state index in [4.69, 9.17) is 11.6 Å². The van der Waals surface area contributed by atoms with Gasteiger partial charge in [0.1, 0.15) is 0 Å². The summed E-state index contributed by atoms with van der Waals surface area (Å²) in [7, 11) is 0. The summed E-state index contributed by atoms with van der Waals surface area (Å²) in [6.07, 6.45) is 3.98. The smallest absolute Gasteiger partial charge is 0.0540 e. The Morgan fingerprint density at radius 3 is 2.68 bits per heavy atom. The van der Waals surface area contributed by atoms with Crippen molar-refractivity contribution in [3.63, 3.8) is 0 Å². The molecule has 1 heterocycles. The van der Waals surface area contributed by atoms with Crippen LogP contribution in [0.25, 0.3) is 0 Å². The Labute approximate surface area is 119 Å². The van der Waals surface area contributed by atoms with E-state index in [9.17, 15) is 0 Å². The second-order valence-corrected chi connectivity index (χ2v) is 5.87. The fraction of sp³-hybridized carbons (Fsp3) is 0.467. The van der Waals surface area contributed by atoms with Gasteiger partial charge in [-0.2, -0.15) is 0 Å². The molecule has 3 rings (SSSR count). The molecule has 0 unspecified atom stereocenters. The summed E-state index contributed by atoms with van der Waals surface area (Å²) in [6, 6.07) is 8.59. The lowest BCUT2D eigenvalue weighted by Crippen LogP contribution is -2.24. The van der Waals surface area contributed by atoms with Crippen molar-refractivity contribution in [1.29, 1.82) is 0 Å². The second-order valence-electron chi connectivity index (χ2n) is 5.44. The zero-order valence-electron chi connectivity index (χ0n) is 11.2. The normalized spacial score (nSPS) is 22.4. The first-order valence-electron chi connectivity index (χ1n) is 6.92. The molecule has 2 fully saturated rings. The summed E-state index contributed by atoms with van der Waals surface area (Å²) in [6.45, 7) is 4.50. The van der Waals surface area contributed by atoms with E-state index in [0.29, 0.717) is 0 Å². The van der Waals surface area contributed by atoms with Gasteiger partial charge in [-0.25, -0.2) is 0 Å². The van der Waals surface area contributed by atoms with Gasteiger partial charge in [-0.1, -0.05) is 11.6 Å². The molecule has 0 bridgehead atoms. The van der Waals surface area contributed by atoms with Gasteiger partial charge in [-0.3, -0.25) is 4.90 Å². The molecular formula is C15H20ClN3. The molecule has 1 aliphatic carbocycles. The van der Waals surface area contributed by atoms with Crippen molar-refractivity contribution in [3.8, 4) is 0 Å². The third-order valence-corrected chi connectivity index (χ3v) is 4.18. The molecule has 1 aromatic rings. The number of halogens is 1.